The molecule has 2 aliphatic heterocycles. The normalized spacial score (nSPS) is 20.6. The number of H-pyrrole nitrogens is 1. The molecule has 0 bridgehead atoms. The van der Waals surface area contributed by atoms with Crippen molar-refractivity contribution < 1.29 is 43.0 Å². The van der Waals surface area contributed by atoms with Crippen LogP contribution in [0.25, 0.3) is 10.9 Å². The van der Waals surface area contributed by atoms with Gasteiger partial charge in [0, 0.05) is 56.7 Å². The van der Waals surface area contributed by atoms with Crippen LogP contribution in [-0.4, -0.2) is 119 Å². The van der Waals surface area contributed by atoms with E-state index in [1.165, 1.54) is 30.0 Å². The highest BCUT2D eigenvalue weighted by Crippen LogP contribution is 2.27. The van der Waals surface area contributed by atoms with Crippen molar-refractivity contribution in [3.8, 4) is 5.75 Å². The Morgan fingerprint density at radius 3 is 2.63 bits per heavy atom. The molecule has 2 aromatic carbocycles. The largest absolute Gasteiger partial charge is 0.491 e. The standard InChI is InChI=1S/C34H39FN6O8/c1-39-18-31(44)41-17-22(38-29(42)13-20-16-37-26-6-4-3-5-24(20)26)15-23(41)19-49-28-9-7-21(35)14-25(28)34(48)40(2)27(8-10-30(39)43)33(47)36-12-11-32(45)46/h3-7,9,14,16,22-23,27,37H,8,10-13,15,17-19H2,1-2H3,(H,36,47)(H,38,42)(H,45,46)/t22-,23-,27-/m0/s1. The van der Waals surface area contributed by atoms with Crippen LogP contribution in [0.2, 0.25) is 0 Å². The van der Waals surface area contributed by atoms with Crippen LogP contribution in [0.15, 0.2) is 48.7 Å². The van der Waals surface area contributed by atoms with Crippen LogP contribution >= 0.6 is 0 Å². The molecular formula is C34H39FN6O8. The Kier molecular flexibility index (Phi) is 10.8. The number of hydrogen-bond donors (Lipinski definition) is 4. The van der Waals surface area contributed by atoms with Crippen molar-refractivity contribution >= 4 is 46.4 Å². The maximum absolute atomic E-state index is 14.5. The molecule has 3 atom stereocenters. The number of aromatic amines is 1. The van der Waals surface area contributed by atoms with Crippen LogP contribution < -0.4 is 15.4 Å². The number of carbonyl (C=O) groups excluding carboxylic acids is 5. The summed E-state index contributed by atoms with van der Waals surface area (Å²) in [4.78, 5) is 84.7. The first-order valence-corrected chi connectivity index (χ1v) is 16.0. The Hall–Kier alpha value is -5.47. The SMILES string of the molecule is CN1CC(=O)N2C[C@@H](NC(=O)Cc3c[nH]c4ccccc34)C[C@H]2COc2ccc(F)cc2C(=O)N(C)[C@H](C(=O)NCCC(=O)O)CCC1=O. The van der Waals surface area contributed by atoms with Gasteiger partial charge in [-0.15, -0.1) is 0 Å². The highest BCUT2D eigenvalue weighted by atomic mass is 19.1. The number of halogens is 1. The number of aliphatic carboxylic acids is 1. The predicted octanol–water partition coefficient (Wildman–Crippen LogP) is 1.30. The molecule has 0 aliphatic carbocycles. The van der Waals surface area contributed by atoms with Crippen molar-refractivity contribution in [2.45, 2.75) is 50.2 Å². The fraction of sp³-hybridized carbons (Fsp3) is 0.412. The van der Waals surface area contributed by atoms with Crippen LogP contribution in [0, 0.1) is 5.82 Å². The van der Waals surface area contributed by atoms with Gasteiger partial charge in [0.25, 0.3) is 5.91 Å². The van der Waals surface area contributed by atoms with Crippen LogP contribution in [0.1, 0.15) is 41.6 Å². The summed E-state index contributed by atoms with van der Waals surface area (Å²) in [7, 11) is 2.78. The minimum absolute atomic E-state index is 0.0190. The van der Waals surface area contributed by atoms with Gasteiger partial charge in [-0.3, -0.25) is 28.8 Å². The van der Waals surface area contributed by atoms with Gasteiger partial charge in [0.15, 0.2) is 0 Å². The fourth-order valence-corrected chi connectivity index (χ4v) is 6.27. The lowest BCUT2D eigenvalue weighted by atomic mass is 10.1. The van der Waals surface area contributed by atoms with Crippen LogP contribution in [0.3, 0.4) is 0 Å². The van der Waals surface area contributed by atoms with E-state index in [0.717, 1.165) is 33.5 Å². The molecule has 0 spiro atoms. The van der Waals surface area contributed by atoms with Crippen molar-refractivity contribution in [3.63, 3.8) is 0 Å². The molecular weight excluding hydrogens is 639 g/mol. The van der Waals surface area contributed by atoms with Gasteiger partial charge in [-0.05, 0) is 42.7 Å². The molecule has 5 rings (SSSR count). The number of nitrogens with zero attached hydrogens (tertiary/aromatic N) is 3. The Morgan fingerprint density at radius 2 is 1.86 bits per heavy atom. The number of carbonyl (C=O) groups is 6. The molecule has 1 fully saturated rings. The lowest BCUT2D eigenvalue weighted by Gasteiger charge is -2.28. The third-order valence-electron chi connectivity index (χ3n) is 8.89. The second kappa shape index (κ2) is 15.2. The molecule has 49 heavy (non-hydrogen) atoms. The highest BCUT2D eigenvalue weighted by molar-refractivity contribution is 6.00. The number of likely N-dealkylation sites (N-methyl/N-ethyl adjacent to an activating group) is 2. The van der Waals surface area contributed by atoms with E-state index < -0.39 is 47.6 Å². The molecule has 4 N–H and O–H groups in total. The molecule has 1 saturated heterocycles. The molecule has 1 aromatic heterocycles. The number of para-hydroxylation sites is 1. The van der Waals surface area contributed by atoms with Crippen molar-refractivity contribution in [1.82, 2.24) is 30.3 Å². The number of nitrogens with one attached hydrogen (secondary N) is 3. The first kappa shape index (κ1) is 34.9. The summed E-state index contributed by atoms with van der Waals surface area (Å²) in [5, 5.41) is 15.4. The minimum Gasteiger partial charge on any atom is -0.491 e. The summed E-state index contributed by atoms with van der Waals surface area (Å²) in [6.45, 7) is -0.430. The number of aromatic nitrogens is 1. The lowest BCUT2D eigenvalue weighted by molar-refractivity contribution is -0.140. The number of ether oxygens (including phenoxy) is 1. The van der Waals surface area contributed by atoms with Crippen LogP contribution in [0.5, 0.6) is 5.75 Å². The molecule has 0 radical (unpaired) electrons. The monoisotopic (exact) mass is 678 g/mol. The molecule has 15 heteroatoms. The Balaban J connectivity index is 1.36. The summed E-state index contributed by atoms with van der Waals surface area (Å²) in [6, 6.07) is 8.84. The maximum Gasteiger partial charge on any atom is 0.305 e. The molecule has 5 amide bonds. The zero-order valence-corrected chi connectivity index (χ0v) is 27.2. The highest BCUT2D eigenvalue weighted by Gasteiger charge is 2.38. The summed E-state index contributed by atoms with van der Waals surface area (Å²) >= 11 is 0. The van der Waals surface area contributed by atoms with Crippen molar-refractivity contribution in [2.75, 3.05) is 40.3 Å². The van der Waals surface area contributed by atoms with Gasteiger partial charge in [-0.25, -0.2) is 4.39 Å². The smallest absolute Gasteiger partial charge is 0.305 e. The number of hydrogen-bond acceptors (Lipinski definition) is 7. The molecule has 2 aliphatic rings. The molecule has 14 nitrogen and oxygen atoms in total. The molecule has 3 heterocycles. The number of carboxylic acid groups (broad SMARTS) is 1. The minimum atomic E-state index is -1.22. The van der Waals surface area contributed by atoms with Gasteiger partial charge in [0.05, 0.1) is 31.0 Å². The Morgan fingerprint density at radius 1 is 1.08 bits per heavy atom. The number of fused-ring (bicyclic) bond motifs is 3. The Bertz CT molecular complexity index is 1760. The van der Waals surface area contributed by atoms with Gasteiger partial charge in [-0.2, -0.15) is 0 Å². The van der Waals surface area contributed by atoms with Gasteiger partial charge in [-0.1, -0.05) is 18.2 Å². The van der Waals surface area contributed by atoms with Crippen molar-refractivity contribution in [2.24, 2.45) is 0 Å². The molecule has 260 valence electrons. The topological polar surface area (TPSA) is 181 Å². The van der Waals surface area contributed by atoms with E-state index in [4.69, 9.17) is 9.84 Å². The Labute approximate surface area is 281 Å². The number of rotatable bonds is 7. The summed E-state index contributed by atoms with van der Waals surface area (Å²) in [6.07, 6.45) is 1.52. The lowest BCUT2D eigenvalue weighted by Crippen LogP contribution is -2.49. The number of carboxylic acids is 1. The third kappa shape index (κ3) is 8.34. The van der Waals surface area contributed by atoms with Gasteiger partial charge < -0.3 is 40.2 Å². The summed E-state index contributed by atoms with van der Waals surface area (Å²) in [5.41, 5.74) is 1.57. The van der Waals surface area contributed by atoms with E-state index in [0.29, 0.717) is 6.42 Å². The van der Waals surface area contributed by atoms with Crippen LogP contribution in [-0.2, 0) is 30.4 Å². The van der Waals surface area contributed by atoms with Crippen molar-refractivity contribution in [1.29, 1.82) is 0 Å². The quantitative estimate of drug-likeness (QED) is 0.289. The zero-order valence-electron chi connectivity index (χ0n) is 27.2. The van der Waals surface area contributed by atoms with E-state index in [2.05, 4.69) is 15.6 Å². The van der Waals surface area contributed by atoms with Gasteiger partial charge >= 0.3 is 5.97 Å². The first-order valence-electron chi connectivity index (χ1n) is 16.0. The zero-order chi connectivity index (χ0) is 35.2. The first-order chi connectivity index (χ1) is 23.4. The summed E-state index contributed by atoms with van der Waals surface area (Å²) < 4.78 is 20.5. The number of benzene rings is 2. The number of amides is 5. The molecule has 3 aromatic rings. The van der Waals surface area contributed by atoms with E-state index >= 15 is 0 Å². The average Bonchev–Trinajstić information content (AvgIpc) is 3.66. The van der Waals surface area contributed by atoms with E-state index in [-0.39, 0.29) is 75.1 Å². The van der Waals surface area contributed by atoms with E-state index in [9.17, 15) is 33.2 Å². The summed E-state index contributed by atoms with van der Waals surface area (Å²) in [5.74, 6) is -4.36. The van der Waals surface area contributed by atoms with Gasteiger partial charge in [0.1, 0.15) is 24.2 Å². The maximum atomic E-state index is 14.5. The average molecular weight is 679 g/mol. The van der Waals surface area contributed by atoms with Crippen molar-refractivity contribution in [3.05, 3.63) is 65.6 Å². The van der Waals surface area contributed by atoms with E-state index in [1.54, 1.807) is 6.20 Å². The van der Waals surface area contributed by atoms with E-state index in [1.807, 2.05) is 24.3 Å². The predicted molar refractivity (Wildman–Crippen MR) is 174 cm³/mol. The molecule has 0 unspecified atom stereocenters. The van der Waals surface area contributed by atoms with Gasteiger partial charge in [0.2, 0.25) is 23.6 Å². The fourth-order valence-electron chi connectivity index (χ4n) is 6.27. The van der Waals surface area contributed by atoms with Crippen LogP contribution in [0.4, 0.5) is 4.39 Å². The molecule has 0 saturated carbocycles. The second-order valence-electron chi connectivity index (χ2n) is 12.3. The third-order valence-corrected chi connectivity index (χ3v) is 8.89. The second-order valence-corrected chi connectivity index (χ2v) is 12.3.